The molecular formula is C8H8Cl2O3S. The van der Waals surface area contributed by atoms with Crippen molar-refractivity contribution >= 4 is 33.0 Å². The molecule has 0 aliphatic heterocycles. The summed E-state index contributed by atoms with van der Waals surface area (Å²) >= 11 is 11.4. The fraction of sp³-hybridized carbons (Fsp3) is 0.250. The van der Waals surface area contributed by atoms with Crippen LogP contribution in [0.15, 0.2) is 17.0 Å². The standard InChI is InChI=1S/C8H8Cl2O3S/c1-14(12,13)8-6(9)2-5(4-11)3-7(8)10/h2-3,11H,4H2,1H3. The molecule has 78 valence electrons. The number of hydrogen-bond donors (Lipinski definition) is 1. The summed E-state index contributed by atoms with van der Waals surface area (Å²) in [5, 5.41) is 8.88. The molecule has 0 aliphatic carbocycles. The summed E-state index contributed by atoms with van der Waals surface area (Å²) in [5.74, 6) is 0. The summed E-state index contributed by atoms with van der Waals surface area (Å²) in [6, 6.07) is 2.76. The Bertz CT molecular complexity index is 431. The lowest BCUT2D eigenvalue weighted by Crippen LogP contribution is -2.00. The van der Waals surface area contributed by atoms with Crippen molar-refractivity contribution in [1.29, 1.82) is 0 Å². The van der Waals surface area contributed by atoms with Crippen molar-refractivity contribution in [3.8, 4) is 0 Å². The number of benzene rings is 1. The molecule has 0 radical (unpaired) electrons. The molecule has 0 amide bonds. The summed E-state index contributed by atoms with van der Waals surface area (Å²) in [6.45, 7) is -0.233. The van der Waals surface area contributed by atoms with E-state index in [-0.39, 0.29) is 21.5 Å². The van der Waals surface area contributed by atoms with Crippen LogP contribution in [0.2, 0.25) is 10.0 Å². The highest BCUT2D eigenvalue weighted by Crippen LogP contribution is 2.30. The number of aliphatic hydroxyl groups excluding tert-OH is 1. The van der Waals surface area contributed by atoms with Crippen LogP contribution in [0.25, 0.3) is 0 Å². The molecule has 0 aromatic heterocycles. The van der Waals surface area contributed by atoms with Crippen molar-refractivity contribution in [2.24, 2.45) is 0 Å². The van der Waals surface area contributed by atoms with Crippen molar-refractivity contribution in [3.63, 3.8) is 0 Å². The highest BCUT2D eigenvalue weighted by atomic mass is 35.5. The lowest BCUT2D eigenvalue weighted by atomic mass is 10.2. The van der Waals surface area contributed by atoms with Crippen molar-refractivity contribution in [3.05, 3.63) is 27.7 Å². The maximum absolute atomic E-state index is 11.2. The second-order valence-corrected chi connectivity index (χ2v) is 5.59. The van der Waals surface area contributed by atoms with Gasteiger partial charge in [-0.1, -0.05) is 23.2 Å². The Hall–Kier alpha value is -0.290. The van der Waals surface area contributed by atoms with Gasteiger partial charge in [-0.15, -0.1) is 0 Å². The lowest BCUT2D eigenvalue weighted by molar-refractivity contribution is 0.282. The molecule has 0 unspecified atom stereocenters. The van der Waals surface area contributed by atoms with E-state index < -0.39 is 9.84 Å². The molecule has 0 spiro atoms. The van der Waals surface area contributed by atoms with Gasteiger partial charge in [0.15, 0.2) is 9.84 Å². The molecule has 1 aromatic rings. The minimum Gasteiger partial charge on any atom is -0.392 e. The molecule has 0 fully saturated rings. The van der Waals surface area contributed by atoms with E-state index in [9.17, 15) is 8.42 Å². The zero-order valence-corrected chi connectivity index (χ0v) is 9.62. The quantitative estimate of drug-likeness (QED) is 0.877. The summed E-state index contributed by atoms with van der Waals surface area (Å²) < 4.78 is 22.5. The lowest BCUT2D eigenvalue weighted by Gasteiger charge is -2.06. The summed E-state index contributed by atoms with van der Waals surface area (Å²) in [4.78, 5) is -0.0990. The molecule has 0 saturated carbocycles. The number of sulfone groups is 1. The molecule has 6 heteroatoms. The molecule has 0 atom stereocenters. The first-order valence-electron chi connectivity index (χ1n) is 3.65. The minimum absolute atomic E-state index is 0.0315. The van der Waals surface area contributed by atoms with Crippen molar-refractivity contribution in [2.45, 2.75) is 11.5 Å². The predicted octanol–water partition coefficient (Wildman–Crippen LogP) is 1.89. The summed E-state index contributed by atoms with van der Waals surface area (Å²) in [6.07, 6.45) is 1.03. The second-order valence-electron chi connectivity index (χ2n) is 2.82. The average Bonchev–Trinajstić information content (AvgIpc) is 1.99. The molecule has 0 heterocycles. The van der Waals surface area contributed by atoms with Crippen molar-refractivity contribution < 1.29 is 13.5 Å². The summed E-state index contributed by atoms with van der Waals surface area (Å²) in [5.41, 5.74) is 0.479. The van der Waals surface area contributed by atoms with Crippen LogP contribution in [-0.2, 0) is 16.4 Å². The average molecular weight is 255 g/mol. The van der Waals surface area contributed by atoms with E-state index in [4.69, 9.17) is 28.3 Å². The molecule has 1 aromatic carbocycles. The summed E-state index contributed by atoms with van der Waals surface area (Å²) in [7, 11) is -3.43. The van der Waals surface area contributed by atoms with Gasteiger partial charge in [0.1, 0.15) is 4.90 Å². The Morgan fingerprint density at radius 2 is 1.71 bits per heavy atom. The SMILES string of the molecule is CS(=O)(=O)c1c(Cl)cc(CO)cc1Cl. The van der Waals surface area contributed by atoms with E-state index in [0.29, 0.717) is 5.56 Å². The van der Waals surface area contributed by atoms with E-state index in [2.05, 4.69) is 0 Å². The van der Waals surface area contributed by atoms with Crippen LogP contribution in [0, 0.1) is 0 Å². The fourth-order valence-electron chi connectivity index (χ4n) is 1.06. The molecule has 14 heavy (non-hydrogen) atoms. The smallest absolute Gasteiger partial charge is 0.178 e. The van der Waals surface area contributed by atoms with Gasteiger partial charge in [0.25, 0.3) is 0 Å². The Kier molecular flexibility index (Phi) is 3.42. The maximum Gasteiger partial charge on any atom is 0.178 e. The third-order valence-electron chi connectivity index (χ3n) is 1.61. The Morgan fingerprint density at radius 1 is 1.29 bits per heavy atom. The van der Waals surface area contributed by atoms with Crippen LogP contribution in [0.3, 0.4) is 0 Å². The molecule has 0 saturated heterocycles. The molecule has 1 rings (SSSR count). The fourth-order valence-corrected chi connectivity index (χ4v) is 3.26. The highest BCUT2D eigenvalue weighted by Gasteiger charge is 2.17. The van der Waals surface area contributed by atoms with Gasteiger partial charge in [-0.2, -0.15) is 0 Å². The normalized spacial score (nSPS) is 11.7. The van der Waals surface area contributed by atoms with Crippen LogP contribution < -0.4 is 0 Å². The van der Waals surface area contributed by atoms with Gasteiger partial charge in [-0.25, -0.2) is 8.42 Å². The van der Waals surface area contributed by atoms with Gasteiger partial charge < -0.3 is 5.11 Å². The maximum atomic E-state index is 11.2. The zero-order chi connectivity index (χ0) is 10.9. The number of halogens is 2. The molecular weight excluding hydrogens is 247 g/mol. The van der Waals surface area contributed by atoms with Gasteiger partial charge in [0.2, 0.25) is 0 Å². The van der Waals surface area contributed by atoms with E-state index >= 15 is 0 Å². The third kappa shape index (κ3) is 2.39. The van der Waals surface area contributed by atoms with Crippen molar-refractivity contribution in [1.82, 2.24) is 0 Å². The van der Waals surface area contributed by atoms with E-state index in [0.717, 1.165) is 6.26 Å². The minimum atomic E-state index is -3.43. The van der Waals surface area contributed by atoms with Gasteiger partial charge in [-0.3, -0.25) is 0 Å². The number of aliphatic hydroxyl groups is 1. The topological polar surface area (TPSA) is 54.4 Å². The molecule has 0 aliphatic rings. The number of rotatable bonds is 2. The Morgan fingerprint density at radius 3 is 2.00 bits per heavy atom. The van der Waals surface area contributed by atoms with E-state index in [1.165, 1.54) is 12.1 Å². The van der Waals surface area contributed by atoms with Crippen LogP contribution in [0.4, 0.5) is 0 Å². The first-order chi connectivity index (χ1) is 6.36. The van der Waals surface area contributed by atoms with E-state index in [1.54, 1.807) is 0 Å². The van der Waals surface area contributed by atoms with E-state index in [1.807, 2.05) is 0 Å². The number of hydrogen-bond acceptors (Lipinski definition) is 3. The Balaban J connectivity index is 3.48. The van der Waals surface area contributed by atoms with Crippen LogP contribution in [-0.4, -0.2) is 19.8 Å². The predicted molar refractivity (Wildman–Crippen MR) is 55.5 cm³/mol. The van der Waals surface area contributed by atoms with Gasteiger partial charge in [-0.05, 0) is 17.7 Å². The van der Waals surface area contributed by atoms with Gasteiger partial charge in [0.05, 0.1) is 16.7 Å². The molecule has 1 N–H and O–H groups in total. The second kappa shape index (κ2) is 4.06. The van der Waals surface area contributed by atoms with Gasteiger partial charge >= 0.3 is 0 Å². The third-order valence-corrected chi connectivity index (χ3v) is 3.61. The van der Waals surface area contributed by atoms with Crippen LogP contribution in [0.5, 0.6) is 0 Å². The molecule has 0 bridgehead atoms. The first kappa shape index (κ1) is 11.8. The van der Waals surface area contributed by atoms with Gasteiger partial charge in [0, 0.05) is 6.26 Å². The monoisotopic (exact) mass is 254 g/mol. The highest BCUT2D eigenvalue weighted by molar-refractivity contribution is 7.91. The van der Waals surface area contributed by atoms with Crippen LogP contribution >= 0.6 is 23.2 Å². The first-order valence-corrected chi connectivity index (χ1v) is 6.30. The Labute approximate surface area is 92.2 Å². The van der Waals surface area contributed by atoms with Crippen LogP contribution in [0.1, 0.15) is 5.56 Å². The molecule has 3 nitrogen and oxygen atoms in total. The van der Waals surface area contributed by atoms with Crippen molar-refractivity contribution in [2.75, 3.05) is 6.26 Å². The largest absolute Gasteiger partial charge is 0.392 e. The zero-order valence-electron chi connectivity index (χ0n) is 7.29.